The third-order valence-corrected chi connectivity index (χ3v) is 5.67. The molecule has 6 heteroatoms. The molecular weight excluding hydrogens is 374 g/mol. The number of nitrogens with zero attached hydrogens (tertiary/aromatic N) is 1. The summed E-state index contributed by atoms with van der Waals surface area (Å²) in [6.07, 6.45) is 2.86. The van der Waals surface area contributed by atoms with E-state index in [1.165, 1.54) is 5.56 Å². The first-order chi connectivity index (χ1) is 13.1. The first-order valence-electron chi connectivity index (χ1n) is 9.72. The number of fused-ring (bicyclic) bond motifs is 1. The van der Waals surface area contributed by atoms with Gasteiger partial charge in [-0.3, -0.25) is 4.98 Å². The lowest BCUT2D eigenvalue weighted by Gasteiger charge is -2.23. The lowest BCUT2D eigenvalue weighted by Crippen LogP contribution is -2.26. The Bertz CT molecular complexity index is 978. The van der Waals surface area contributed by atoms with Crippen LogP contribution in [0, 0.1) is 13.8 Å². The summed E-state index contributed by atoms with van der Waals surface area (Å²) in [5, 5.41) is 24.8. The molecule has 1 aliphatic heterocycles. The molecule has 4 N–H and O–H groups in total. The Hall–Kier alpha value is -2.08. The number of aliphatic hydroxyl groups excluding tert-OH is 1. The number of pyridine rings is 1. The summed E-state index contributed by atoms with van der Waals surface area (Å²) >= 11 is 0. The van der Waals surface area contributed by atoms with Gasteiger partial charge in [-0.25, -0.2) is 0 Å². The number of aromatic nitrogens is 2. The number of hydrogen-bond acceptors (Lipinski definition) is 4. The van der Waals surface area contributed by atoms with Gasteiger partial charge in [-0.15, -0.1) is 12.4 Å². The lowest BCUT2D eigenvalue weighted by atomic mass is 9.89. The molecule has 2 aromatic heterocycles. The molecule has 1 aliphatic rings. The topological polar surface area (TPSA) is 81.2 Å². The number of halogens is 1. The minimum Gasteiger partial charge on any atom is -0.505 e. The predicted molar refractivity (Wildman–Crippen MR) is 116 cm³/mol. The van der Waals surface area contributed by atoms with Gasteiger partial charge in [0.1, 0.15) is 5.75 Å². The van der Waals surface area contributed by atoms with Crippen LogP contribution in [-0.2, 0) is 6.42 Å². The number of benzene rings is 1. The second-order valence-electron chi connectivity index (χ2n) is 7.53. The van der Waals surface area contributed by atoms with E-state index in [0.717, 1.165) is 59.3 Å². The summed E-state index contributed by atoms with van der Waals surface area (Å²) in [6, 6.07) is 8.52. The number of aryl methyl sites for hydroxylation is 2. The van der Waals surface area contributed by atoms with Crippen LogP contribution in [0.4, 0.5) is 0 Å². The molecule has 150 valence electrons. The molecule has 1 aromatic carbocycles. The molecule has 3 heterocycles. The van der Waals surface area contributed by atoms with Crippen molar-refractivity contribution >= 4 is 23.3 Å². The first kappa shape index (κ1) is 20.6. The number of rotatable bonds is 4. The van der Waals surface area contributed by atoms with Gasteiger partial charge in [-0.1, -0.05) is 6.07 Å². The fraction of sp³-hybridized carbons (Fsp3) is 0.409. The fourth-order valence-corrected chi connectivity index (χ4v) is 4.29. The van der Waals surface area contributed by atoms with E-state index in [1.807, 2.05) is 19.9 Å². The molecule has 0 aliphatic carbocycles. The zero-order valence-corrected chi connectivity index (χ0v) is 17.2. The molecule has 0 unspecified atom stereocenters. The molecule has 0 saturated carbocycles. The Labute approximate surface area is 171 Å². The van der Waals surface area contributed by atoms with Gasteiger partial charge >= 0.3 is 0 Å². The Morgan fingerprint density at radius 2 is 1.89 bits per heavy atom. The SMILES string of the molecule is Cc1cc(-c2[nH]c3ccc(C4CCNCC4)cc3c2CCO)c(O)c(C)n1.Cl. The molecule has 0 spiro atoms. The Kier molecular flexibility index (Phi) is 6.28. The van der Waals surface area contributed by atoms with Gasteiger partial charge < -0.3 is 20.5 Å². The minimum atomic E-state index is 0. The first-order valence-corrected chi connectivity index (χ1v) is 9.72. The van der Waals surface area contributed by atoms with Gasteiger partial charge in [0.05, 0.1) is 11.4 Å². The minimum absolute atomic E-state index is 0. The number of H-pyrrole nitrogens is 1. The van der Waals surface area contributed by atoms with Gasteiger partial charge in [-0.2, -0.15) is 0 Å². The van der Waals surface area contributed by atoms with Crippen molar-refractivity contribution in [3.05, 3.63) is 46.8 Å². The third-order valence-electron chi connectivity index (χ3n) is 5.67. The summed E-state index contributed by atoms with van der Waals surface area (Å²) in [5.41, 5.74) is 6.58. The maximum atomic E-state index is 10.6. The number of aliphatic hydroxyl groups is 1. The molecule has 0 bridgehead atoms. The van der Waals surface area contributed by atoms with Crippen molar-refractivity contribution in [2.45, 2.75) is 39.0 Å². The highest BCUT2D eigenvalue weighted by Gasteiger charge is 2.20. The van der Waals surface area contributed by atoms with E-state index >= 15 is 0 Å². The Morgan fingerprint density at radius 3 is 2.61 bits per heavy atom. The van der Waals surface area contributed by atoms with Crippen molar-refractivity contribution in [2.24, 2.45) is 0 Å². The molecule has 1 fully saturated rings. The molecule has 0 atom stereocenters. The highest BCUT2D eigenvalue weighted by molar-refractivity contribution is 5.92. The molecular formula is C22H28ClN3O2. The fourth-order valence-electron chi connectivity index (χ4n) is 4.29. The van der Waals surface area contributed by atoms with E-state index in [2.05, 4.69) is 33.5 Å². The van der Waals surface area contributed by atoms with E-state index in [0.29, 0.717) is 18.0 Å². The number of hydrogen-bond donors (Lipinski definition) is 4. The van der Waals surface area contributed by atoms with Gasteiger partial charge in [0.2, 0.25) is 0 Å². The van der Waals surface area contributed by atoms with Crippen molar-refractivity contribution in [1.82, 2.24) is 15.3 Å². The van der Waals surface area contributed by atoms with Crippen molar-refractivity contribution in [1.29, 1.82) is 0 Å². The Morgan fingerprint density at radius 1 is 1.14 bits per heavy atom. The van der Waals surface area contributed by atoms with E-state index in [1.54, 1.807) is 0 Å². The summed E-state index contributed by atoms with van der Waals surface area (Å²) in [4.78, 5) is 7.82. The Balaban J connectivity index is 0.00000225. The highest BCUT2D eigenvalue weighted by atomic mass is 35.5. The van der Waals surface area contributed by atoms with Crippen LogP contribution in [0.1, 0.15) is 41.3 Å². The summed E-state index contributed by atoms with van der Waals surface area (Å²) in [5.74, 6) is 0.778. The molecule has 3 aromatic rings. The number of aromatic hydroxyl groups is 1. The second kappa shape index (κ2) is 8.52. The summed E-state index contributed by atoms with van der Waals surface area (Å²) in [7, 11) is 0. The molecule has 1 saturated heterocycles. The van der Waals surface area contributed by atoms with Crippen molar-refractivity contribution in [2.75, 3.05) is 19.7 Å². The van der Waals surface area contributed by atoms with E-state index in [9.17, 15) is 10.2 Å². The van der Waals surface area contributed by atoms with Gasteiger partial charge in [0.25, 0.3) is 0 Å². The normalized spacial score (nSPS) is 15.0. The maximum Gasteiger partial charge on any atom is 0.146 e. The molecule has 5 nitrogen and oxygen atoms in total. The van der Waals surface area contributed by atoms with Gasteiger partial charge in [0.15, 0.2) is 0 Å². The van der Waals surface area contributed by atoms with Crippen LogP contribution >= 0.6 is 12.4 Å². The summed E-state index contributed by atoms with van der Waals surface area (Å²) < 4.78 is 0. The van der Waals surface area contributed by atoms with Crippen LogP contribution < -0.4 is 5.32 Å². The second-order valence-corrected chi connectivity index (χ2v) is 7.53. The number of piperidine rings is 1. The van der Waals surface area contributed by atoms with E-state index in [4.69, 9.17) is 0 Å². The number of aromatic amines is 1. The molecule has 28 heavy (non-hydrogen) atoms. The predicted octanol–water partition coefficient (Wildman–Crippen LogP) is 3.98. The van der Waals surface area contributed by atoms with Crippen molar-refractivity contribution in [3.63, 3.8) is 0 Å². The zero-order valence-electron chi connectivity index (χ0n) is 16.4. The van der Waals surface area contributed by atoms with E-state index < -0.39 is 0 Å². The quantitative estimate of drug-likeness (QED) is 0.533. The largest absolute Gasteiger partial charge is 0.505 e. The van der Waals surface area contributed by atoms with Crippen molar-refractivity contribution in [3.8, 4) is 17.0 Å². The zero-order chi connectivity index (χ0) is 19.0. The lowest BCUT2D eigenvalue weighted by molar-refractivity contribution is 0.300. The van der Waals surface area contributed by atoms with Crippen molar-refractivity contribution < 1.29 is 10.2 Å². The van der Waals surface area contributed by atoms with Crippen LogP contribution in [0.3, 0.4) is 0 Å². The van der Waals surface area contributed by atoms with Crippen LogP contribution in [-0.4, -0.2) is 39.9 Å². The summed E-state index contributed by atoms with van der Waals surface area (Å²) in [6.45, 7) is 5.94. The monoisotopic (exact) mass is 401 g/mol. The standard InChI is InChI=1S/C22H27N3O2.ClH/c1-13-11-19(22(27)14(2)24-13)21-17(7-10-26)18-12-16(3-4-20(18)25-21)15-5-8-23-9-6-15;/h3-4,11-12,15,23,25-27H,5-10H2,1-2H3;1H. The van der Waals surface area contributed by atoms with Gasteiger partial charge in [-0.05, 0) is 81.4 Å². The maximum absolute atomic E-state index is 10.6. The van der Waals surface area contributed by atoms with Crippen LogP contribution in [0.15, 0.2) is 24.3 Å². The molecule has 0 radical (unpaired) electrons. The molecule has 4 rings (SSSR count). The van der Waals surface area contributed by atoms with Crippen LogP contribution in [0.5, 0.6) is 5.75 Å². The highest BCUT2D eigenvalue weighted by Crippen LogP contribution is 2.38. The van der Waals surface area contributed by atoms with E-state index in [-0.39, 0.29) is 24.8 Å². The average molecular weight is 402 g/mol. The molecule has 0 amide bonds. The number of nitrogens with one attached hydrogen (secondary N) is 2. The average Bonchev–Trinajstić information content (AvgIpc) is 3.03. The van der Waals surface area contributed by atoms with Crippen LogP contribution in [0.2, 0.25) is 0 Å². The third kappa shape index (κ3) is 3.75. The van der Waals surface area contributed by atoms with Crippen LogP contribution in [0.25, 0.3) is 22.2 Å². The smallest absolute Gasteiger partial charge is 0.146 e. The van der Waals surface area contributed by atoms with Gasteiger partial charge in [0, 0.05) is 28.8 Å².